The Kier molecular flexibility index (Phi) is 8.16. The summed E-state index contributed by atoms with van der Waals surface area (Å²) in [5, 5.41) is 19.6. The van der Waals surface area contributed by atoms with E-state index in [0.717, 1.165) is 23.0 Å². The number of aliphatic hydroxyl groups is 1. The zero-order valence-corrected chi connectivity index (χ0v) is 18.7. The van der Waals surface area contributed by atoms with Crippen molar-refractivity contribution < 1.29 is 9.32 Å². The van der Waals surface area contributed by atoms with Crippen LogP contribution in [0.5, 0.6) is 0 Å². The molecule has 0 radical (unpaired) electrons. The van der Waals surface area contributed by atoms with Crippen molar-refractivity contribution in [1.29, 1.82) is 0 Å². The number of fused-ring (bicyclic) bond motifs is 1. The molecule has 1 heterocycles. The largest absolute Gasteiger partial charge is 0.390 e. The van der Waals surface area contributed by atoms with Gasteiger partial charge in [-0.15, -0.1) is 5.10 Å². The molecule has 0 aliphatic rings. The number of nitrogens with one attached hydrogen (secondary N) is 3. The summed E-state index contributed by atoms with van der Waals surface area (Å²) in [6.07, 6.45) is -0.839. The van der Waals surface area contributed by atoms with E-state index in [-0.39, 0.29) is 25.5 Å². The van der Waals surface area contributed by atoms with Gasteiger partial charge in [0.25, 0.3) is 0 Å². The highest BCUT2D eigenvalue weighted by molar-refractivity contribution is 7.97. The molecule has 12 nitrogen and oxygen atoms in total. The Hall–Kier alpha value is -2.56. The molecule has 1 aromatic heterocycles. The number of H-pyrrole nitrogens is 1. The van der Waals surface area contributed by atoms with Gasteiger partial charge in [0, 0.05) is 24.2 Å². The Morgan fingerprint density at radius 3 is 2.72 bits per heavy atom. The van der Waals surface area contributed by atoms with Crippen LogP contribution in [0.25, 0.3) is 22.2 Å². The standard InChI is InChI=1S/C18H26N10O2S2/c19-6-9(29)8-24-32(30)13-5-4-10(15(17(13)31-23)18(21)27-28-22)11-2-1-3-12-16(11)26-14(7-20)25-12/h1-5,9,24,28-29H,6-8,19-20,22-23H2,(H2,21,27)(H,25,26)/t9-,32?/m1/s1. The molecule has 0 saturated heterocycles. The van der Waals surface area contributed by atoms with Crippen LogP contribution in [-0.4, -0.2) is 44.3 Å². The monoisotopic (exact) mass is 478 g/mol. The number of nitrogens with zero attached hydrogens (tertiary/aromatic N) is 2. The Morgan fingerprint density at radius 1 is 1.28 bits per heavy atom. The fourth-order valence-electron chi connectivity index (χ4n) is 3.16. The average Bonchev–Trinajstić information content (AvgIpc) is 3.25. The summed E-state index contributed by atoms with van der Waals surface area (Å²) in [7, 11) is -1.70. The molecule has 0 aliphatic carbocycles. The number of imidazole rings is 1. The van der Waals surface area contributed by atoms with Crippen LogP contribution in [0.4, 0.5) is 0 Å². The SMILES string of the molecule is NCc1nc2c(-c3ccc(S(=O)NC[C@H](O)CN)c(SN)c3/C(N)=N/NN)cccc2[nH]1. The molecule has 1 unspecified atom stereocenters. The van der Waals surface area contributed by atoms with E-state index in [1.165, 1.54) is 0 Å². The number of nitrogens with two attached hydrogens (primary N) is 5. The van der Waals surface area contributed by atoms with Crippen molar-refractivity contribution in [3.8, 4) is 11.1 Å². The maximum absolute atomic E-state index is 12.9. The van der Waals surface area contributed by atoms with Crippen LogP contribution in [0.15, 0.2) is 45.2 Å². The number of hydrogen-bond donors (Lipinski definition) is 9. The topological polar surface area (TPSA) is 233 Å². The summed E-state index contributed by atoms with van der Waals surface area (Å²) in [5.41, 5.74) is 22.9. The molecule has 14 N–H and O–H groups in total. The molecule has 2 atom stereocenters. The first-order chi connectivity index (χ1) is 15.4. The highest BCUT2D eigenvalue weighted by atomic mass is 32.2. The van der Waals surface area contributed by atoms with Gasteiger partial charge in [-0.1, -0.05) is 18.2 Å². The van der Waals surface area contributed by atoms with E-state index >= 15 is 0 Å². The van der Waals surface area contributed by atoms with E-state index < -0.39 is 17.1 Å². The smallest absolute Gasteiger partial charge is 0.153 e. The van der Waals surface area contributed by atoms with Crippen molar-refractivity contribution in [2.75, 3.05) is 13.1 Å². The Labute approximate surface area is 191 Å². The van der Waals surface area contributed by atoms with Crippen molar-refractivity contribution in [3.05, 3.63) is 41.7 Å². The van der Waals surface area contributed by atoms with Gasteiger partial charge in [-0.25, -0.2) is 25.3 Å². The lowest BCUT2D eigenvalue weighted by Crippen LogP contribution is -2.34. The van der Waals surface area contributed by atoms with Crippen LogP contribution in [0, 0.1) is 0 Å². The van der Waals surface area contributed by atoms with E-state index in [4.69, 9.17) is 28.2 Å². The van der Waals surface area contributed by atoms with Gasteiger partial charge in [0.05, 0.1) is 33.5 Å². The van der Waals surface area contributed by atoms with E-state index in [9.17, 15) is 9.32 Å². The molecule has 3 rings (SSSR count). The first-order valence-corrected chi connectivity index (χ1v) is 11.5. The third-order valence-electron chi connectivity index (χ3n) is 4.65. The number of rotatable bonds is 10. The fourth-order valence-corrected chi connectivity index (χ4v) is 5.01. The van der Waals surface area contributed by atoms with Gasteiger partial charge in [-0.3, -0.25) is 5.14 Å². The van der Waals surface area contributed by atoms with Gasteiger partial charge in [-0.05, 0) is 29.6 Å². The van der Waals surface area contributed by atoms with Gasteiger partial charge in [0.1, 0.15) is 16.8 Å². The zero-order chi connectivity index (χ0) is 23.3. The van der Waals surface area contributed by atoms with Crippen molar-refractivity contribution in [2.24, 2.45) is 33.3 Å². The number of aromatic nitrogens is 2. The number of hydrazine groups is 1. The van der Waals surface area contributed by atoms with Crippen molar-refractivity contribution >= 4 is 39.8 Å². The maximum atomic E-state index is 12.9. The van der Waals surface area contributed by atoms with Gasteiger partial charge in [-0.2, -0.15) is 0 Å². The zero-order valence-electron chi connectivity index (χ0n) is 17.0. The summed E-state index contributed by atoms with van der Waals surface area (Å²) in [5.74, 6) is 6.03. The minimum Gasteiger partial charge on any atom is -0.390 e. The number of amidine groups is 1. The second-order valence-electron chi connectivity index (χ2n) is 6.66. The fraction of sp³-hybridized carbons (Fsp3) is 0.222. The quantitative estimate of drug-likeness (QED) is 0.0547. The lowest BCUT2D eigenvalue weighted by atomic mass is 9.97. The molecule has 2 aromatic carbocycles. The van der Waals surface area contributed by atoms with E-state index in [1.807, 2.05) is 18.2 Å². The second-order valence-corrected chi connectivity index (χ2v) is 8.57. The average molecular weight is 479 g/mol. The van der Waals surface area contributed by atoms with Gasteiger partial charge in [0.2, 0.25) is 0 Å². The Morgan fingerprint density at radius 2 is 2.06 bits per heavy atom. The highest BCUT2D eigenvalue weighted by Crippen LogP contribution is 2.36. The van der Waals surface area contributed by atoms with Crippen LogP contribution in [-0.2, 0) is 17.5 Å². The molecular weight excluding hydrogens is 452 g/mol. The van der Waals surface area contributed by atoms with Crippen LogP contribution in [0.3, 0.4) is 0 Å². The number of aliphatic hydroxyl groups excluding tert-OH is 1. The van der Waals surface area contributed by atoms with Gasteiger partial charge < -0.3 is 27.3 Å². The molecule has 0 spiro atoms. The number of aromatic amines is 1. The predicted molar refractivity (Wildman–Crippen MR) is 127 cm³/mol. The molecule has 3 aromatic rings. The molecular formula is C18H26N10O2S2. The lowest BCUT2D eigenvalue weighted by molar-refractivity contribution is 0.187. The van der Waals surface area contributed by atoms with Gasteiger partial charge in [0.15, 0.2) is 5.84 Å². The third-order valence-corrected chi connectivity index (χ3v) is 6.61. The first-order valence-electron chi connectivity index (χ1n) is 9.49. The lowest BCUT2D eigenvalue weighted by Gasteiger charge is -2.18. The molecule has 0 aliphatic heterocycles. The molecule has 0 bridgehead atoms. The predicted octanol–water partition coefficient (Wildman–Crippen LogP) is -1.33. The van der Waals surface area contributed by atoms with Crippen LogP contribution >= 0.6 is 11.9 Å². The molecule has 172 valence electrons. The van der Waals surface area contributed by atoms with E-state index in [1.54, 1.807) is 12.1 Å². The summed E-state index contributed by atoms with van der Waals surface area (Å²) in [6.45, 7) is 0.328. The normalized spacial score (nSPS) is 14.0. The first kappa shape index (κ1) is 24.1. The van der Waals surface area contributed by atoms with Crippen LogP contribution < -0.4 is 38.4 Å². The van der Waals surface area contributed by atoms with Crippen LogP contribution in [0.2, 0.25) is 0 Å². The molecule has 0 amide bonds. The third kappa shape index (κ3) is 4.92. The minimum absolute atomic E-state index is 0.0348. The summed E-state index contributed by atoms with van der Waals surface area (Å²) < 4.78 is 15.7. The summed E-state index contributed by atoms with van der Waals surface area (Å²) in [6, 6.07) is 9.06. The van der Waals surface area contributed by atoms with E-state index in [2.05, 4.69) is 25.3 Å². The summed E-state index contributed by atoms with van der Waals surface area (Å²) >= 11 is 0.871. The number of hydrazone groups is 1. The van der Waals surface area contributed by atoms with Gasteiger partial charge >= 0.3 is 0 Å². The molecule has 0 fully saturated rings. The summed E-state index contributed by atoms with van der Waals surface area (Å²) in [4.78, 5) is 8.54. The number of para-hydroxylation sites is 1. The van der Waals surface area contributed by atoms with Crippen molar-refractivity contribution in [3.63, 3.8) is 0 Å². The maximum Gasteiger partial charge on any atom is 0.153 e. The molecule has 0 saturated carbocycles. The minimum atomic E-state index is -1.70. The second kappa shape index (κ2) is 10.8. The Bertz CT molecular complexity index is 1150. The van der Waals surface area contributed by atoms with Crippen molar-refractivity contribution in [2.45, 2.75) is 22.4 Å². The highest BCUT2D eigenvalue weighted by Gasteiger charge is 2.23. The van der Waals surface area contributed by atoms with Crippen LogP contribution in [0.1, 0.15) is 11.4 Å². The number of benzene rings is 2. The number of hydrogen-bond acceptors (Lipinski definition) is 10. The van der Waals surface area contributed by atoms with Crippen molar-refractivity contribution in [1.82, 2.24) is 20.2 Å². The Balaban J connectivity index is 2.21. The van der Waals surface area contributed by atoms with E-state index in [0.29, 0.717) is 32.3 Å². The molecule has 32 heavy (non-hydrogen) atoms. The molecule has 14 heteroatoms.